The molecule has 7 nitrogen and oxygen atoms in total. The van der Waals surface area contributed by atoms with Gasteiger partial charge in [0.05, 0.1) is 17.0 Å². The van der Waals surface area contributed by atoms with E-state index < -0.39 is 29.2 Å². The zero-order chi connectivity index (χ0) is 20.8. The van der Waals surface area contributed by atoms with Gasteiger partial charge >= 0.3 is 5.97 Å². The minimum Gasteiger partial charge on any atom is -0.479 e. The maximum Gasteiger partial charge on any atom is 0.330 e. The molecule has 0 aromatic heterocycles. The SMILES string of the molecule is C[C@H]1C(=O)N(Cc2ccccc2)[C@@]1(CCN1C(=O)c2ccccc2C1=O)C(=O)O. The van der Waals surface area contributed by atoms with Crippen LogP contribution < -0.4 is 0 Å². The molecular weight excluding hydrogens is 372 g/mol. The summed E-state index contributed by atoms with van der Waals surface area (Å²) in [5, 5.41) is 10.0. The molecule has 7 heteroatoms. The fourth-order valence-corrected chi connectivity index (χ4v) is 4.27. The third kappa shape index (κ3) is 2.73. The molecular formula is C22H20N2O5. The first kappa shape index (κ1) is 18.9. The Kier molecular flexibility index (Phi) is 4.45. The molecule has 0 unspecified atom stereocenters. The standard InChI is InChI=1S/C22H20N2O5/c1-14-18(25)24(13-15-7-3-2-4-8-15)22(14,21(28)29)11-12-23-19(26)16-9-5-6-10-17(16)20(23)27/h2-10,14H,11-13H2,1H3,(H,28,29)/t14-,22+/m0/s1. The van der Waals surface area contributed by atoms with Gasteiger partial charge in [-0.05, 0) is 17.7 Å². The van der Waals surface area contributed by atoms with E-state index in [1.54, 1.807) is 31.2 Å². The zero-order valence-electron chi connectivity index (χ0n) is 15.9. The molecule has 2 atom stereocenters. The highest BCUT2D eigenvalue weighted by molar-refractivity contribution is 6.21. The number of nitrogens with zero attached hydrogens (tertiary/aromatic N) is 2. The Morgan fingerprint density at radius 3 is 2.07 bits per heavy atom. The molecule has 2 aromatic carbocycles. The molecule has 0 bridgehead atoms. The third-order valence-electron chi connectivity index (χ3n) is 5.98. The van der Waals surface area contributed by atoms with Crippen molar-refractivity contribution in [3.8, 4) is 0 Å². The van der Waals surface area contributed by atoms with Crippen LogP contribution in [0.4, 0.5) is 0 Å². The maximum absolute atomic E-state index is 12.6. The number of aliphatic carboxylic acids is 1. The summed E-state index contributed by atoms with van der Waals surface area (Å²) >= 11 is 0. The number of hydrogen-bond acceptors (Lipinski definition) is 4. The van der Waals surface area contributed by atoms with Crippen molar-refractivity contribution in [2.24, 2.45) is 5.92 Å². The molecule has 0 spiro atoms. The van der Waals surface area contributed by atoms with Gasteiger partial charge in [0.15, 0.2) is 5.54 Å². The Balaban J connectivity index is 1.58. The lowest BCUT2D eigenvalue weighted by Gasteiger charge is -2.54. The highest BCUT2D eigenvalue weighted by Gasteiger charge is 2.62. The summed E-state index contributed by atoms with van der Waals surface area (Å²) in [6, 6.07) is 15.7. The molecule has 1 saturated heterocycles. The first-order valence-electron chi connectivity index (χ1n) is 9.42. The van der Waals surface area contributed by atoms with Gasteiger partial charge in [-0.1, -0.05) is 49.4 Å². The number of likely N-dealkylation sites (tertiary alicyclic amines) is 1. The van der Waals surface area contributed by atoms with Gasteiger partial charge in [-0.15, -0.1) is 0 Å². The smallest absolute Gasteiger partial charge is 0.330 e. The van der Waals surface area contributed by atoms with Crippen molar-refractivity contribution in [1.82, 2.24) is 9.80 Å². The number of β-lactam (4-membered cyclic amide) rings is 1. The second kappa shape index (κ2) is 6.84. The molecule has 2 heterocycles. The van der Waals surface area contributed by atoms with Crippen LogP contribution in [0.3, 0.4) is 0 Å². The summed E-state index contributed by atoms with van der Waals surface area (Å²) in [6.07, 6.45) is -0.0203. The topological polar surface area (TPSA) is 95.0 Å². The van der Waals surface area contributed by atoms with Crippen molar-refractivity contribution < 1.29 is 24.3 Å². The van der Waals surface area contributed by atoms with Crippen LogP contribution in [0.25, 0.3) is 0 Å². The molecule has 0 radical (unpaired) electrons. The van der Waals surface area contributed by atoms with Gasteiger partial charge < -0.3 is 10.0 Å². The predicted octanol–water partition coefficient (Wildman–Crippen LogP) is 2.17. The summed E-state index contributed by atoms with van der Waals surface area (Å²) in [5.74, 6) is -2.98. The number of carbonyl (C=O) groups is 4. The Labute approximate surface area is 167 Å². The van der Waals surface area contributed by atoms with Crippen LogP contribution in [0.5, 0.6) is 0 Å². The van der Waals surface area contributed by atoms with Crippen molar-refractivity contribution in [2.45, 2.75) is 25.4 Å². The van der Waals surface area contributed by atoms with Gasteiger partial charge in [0.25, 0.3) is 11.8 Å². The highest BCUT2D eigenvalue weighted by Crippen LogP contribution is 2.42. The highest BCUT2D eigenvalue weighted by atomic mass is 16.4. The number of carboxylic acid groups (broad SMARTS) is 1. The lowest BCUT2D eigenvalue weighted by molar-refractivity contribution is -0.189. The molecule has 1 N–H and O–H groups in total. The molecule has 3 amide bonds. The van der Waals surface area contributed by atoms with E-state index in [1.165, 1.54) is 4.90 Å². The predicted molar refractivity (Wildman–Crippen MR) is 103 cm³/mol. The monoisotopic (exact) mass is 392 g/mol. The first-order valence-corrected chi connectivity index (χ1v) is 9.42. The number of hydrogen-bond donors (Lipinski definition) is 1. The van der Waals surface area contributed by atoms with Crippen LogP contribution in [0.15, 0.2) is 54.6 Å². The van der Waals surface area contributed by atoms with Crippen molar-refractivity contribution in [3.05, 3.63) is 71.3 Å². The van der Waals surface area contributed by atoms with Gasteiger partial charge in [0.1, 0.15) is 0 Å². The molecule has 1 fully saturated rings. The summed E-state index contributed by atoms with van der Waals surface area (Å²) < 4.78 is 0. The van der Waals surface area contributed by atoms with Crippen molar-refractivity contribution in [3.63, 3.8) is 0 Å². The largest absolute Gasteiger partial charge is 0.479 e. The van der Waals surface area contributed by atoms with E-state index in [0.29, 0.717) is 11.1 Å². The molecule has 0 aliphatic carbocycles. The molecule has 29 heavy (non-hydrogen) atoms. The number of amides is 3. The summed E-state index contributed by atoms with van der Waals surface area (Å²) in [4.78, 5) is 52.4. The van der Waals surface area contributed by atoms with E-state index >= 15 is 0 Å². The fourth-order valence-electron chi connectivity index (χ4n) is 4.27. The van der Waals surface area contributed by atoms with E-state index in [1.807, 2.05) is 30.3 Å². The summed E-state index contributed by atoms with van der Waals surface area (Å²) in [6.45, 7) is 1.68. The zero-order valence-corrected chi connectivity index (χ0v) is 15.9. The molecule has 0 saturated carbocycles. The quantitative estimate of drug-likeness (QED) is 0.601. The minimum absolute atomic E-state index is 0.0203. The van der Waals surface area contributed by atoms with Crippen LogP contribution in [-0.4, -0.2) is 50.7 Å². The van der Waals surface area contributed by atoms with Crippen LogP contribution >= 0.6 is 0 Å². The van der Waals surface area contributed by atoms with Crippen molar-refractivity contribution in [1.29, 1.82) is 0 Å². The van der Waals surface area contributed by atoms with Gasteiger partial charge in [-0.25, -0.2) is 4.79 Å². The van der Waals surface area contributed by atoms with Crippen molar-refractivity contribution >= 4 is 23.7 Å². The average Bonchev–Trinajstić information content (AvgIpc) is 2.98. The normalized spacial score (nSPS) is 23.2. The van der Waals surface area contributed by atoms with E-state index in [-0.39, 0.29) is 25.4 Å². The average molecular weight is 392 g/mol. The Hall–Kier alpha value is -3.48. The van der Waals surface area contributed by atoms with E-state index in [2.05, 4.69) is 0 Å². The second-order valence-corrected chi connectivity index (χ2v) is 7.42. The molecule has 2 aliphatic heterocycles. The van der Waals surface area contributed by atoms with Crippen molar-refractivity contribution in [2.75, 3.05) is 6.54 Å². The fraction of sp³-hybridized carbons (Fsp3) is 0.273. The van der Waals surface area contributed by atoms with Gasteiger partial charge in [-0.2, -0.15) is 0 Å². The van der Waals surface area contributed by atoms with Gasteiger partial charge in [0.2, 0.25) is 5.91 Å². The molecule has 2 aromatic rings. The third-order valence-corrected chi connectivity index (χ3v) is 5.98. The van der Waals surface area contributed by atoms with Crippen LogP contribution in [0.1, 0.15) is 39.6 Å². The van der Waals surface area contributed by atoms with Gasteiger partial charge in [0, 0.05) is 19.5 Å². The summed E-state index contributed by atoms with van der Waals surface area (Å²) in [5.41, 5.74) is 0.00280. The number of carbonyl (C=O) groups excluding carboxylic acids is 3. The Morgan fingerprint density at radius 1 is 0.966 bits per heavy atom. The molecule has 148 valence electrons. The maximum atomic E-state index is 12.6. The van der Waals surface area contributed by atoms with E-state index in [9.17, 15) is 24.3 Å². The van der Waals surface area contributed by atoms with E-state index in [0.717, 1.165) is 10.5 Å². The number of benzene rings is 2. The Morgan fingerprint density at radius 2 is 1.52 bits per heavy atom. The summed E-state index contributed by atoms with van der Waals surface area (Å²) in [7, 11) is 0. The van der Waals surface area contributed by atoms with Crippen LogP contribution in [-0.2, 0) is 16.1 Å². The van der Waals surface area contributed by atoms with E-state index in [4.69, 9.17) is 0 Å². The Bertz CT molecular complexity index is 984. The number of fused-ring (bicyclic) bond motifs is 1. The minimum atomic E-state index is -1.46. The van der Waals surface area contributed by atoms with Crippen LogP contribution in [0.2, 0.25) is 0 Å². The van der Waals surface area contributed by atoms with Gasteiger partial charge in [-0.3, -0.25) is 19.3 Å². The lowest BCUT2D eigenvalue weighted by Crippen LogP contribution is -2.73. The van der Waals surface area contributed by atoms with Crippen LogP contribution in [0, 0.1) is 5.92 Å². The molecule has 2 aliphatic rings. The number of rotatable bonds is 6. The number of carboxylic acids is 1. The first-order chi connectivity index (χ1) is 13.9. The molecule has 4 rings (SSSR count). The lowest BCUT2D eigenvalue weighted by atomic mass is 9.71. The second-order valence-electron chi connectivity index (χ2n) is 7.42. The number of imide groups is 1.